The largest absolute Gasteiger partial charge is 0.397 e. The fraction of sp³-hybridized carbons (Fsp3) is 0.481. The molecule has 6 N–H and O–H groups in total. The molecule has 0 radical (unpaired) electrons. The summed E-state index contributed by atoms with van der Waals surface area (Å²) in [5.74, 6) is -0.213. The standard InChI is InChI=1S/C27H37N7O5/c1-16(35)33(13-5-11-30-26(38)32-18-8-6-17(7-9-18)27(2,3)4)14-20-22(36)23(37)25(39-20)34-15-31-21-19(28)10-12-29-24(21)34/h6-10,12,15,20,22-23,25,36-37H,5,11,13-14H2,1-4H3,(H2,28,29)(H2,30,32,38)/t20-,22-,23-,25-/m1/s1. The molecule has 12 nitrogen and oxygen atoms in total. The van der Waals surface area contributed by atoms with Crippen LogP contribution in [0.2, 0.25) is 0 Å². The molecule has 3 heterocycles. The molecule has 1 aliphatic rings. The first-order chi connectivity index (χ1) is 18.5. The summed E-state index contributed by atoms with van der Waals surface area (Å²) in [5, 5.41) is 27.0. The number of aromatic nitrogens is 3. The Bertz CT molecular complexity index is 1300. The molecule has 210 valence electrons. The van der Waals surface area contributed by atoms with Gasteiger partial charge in [-0.25, -0.2) is 14.8 Å². The molecule has 4 rings (SSSR count). The van der Waals surface area contributed by atoms with Crippen LogP contribution in [0.1, 0.15) is 45.9 Å². The topological polar surface area (TPSA) is 168 Å². The lowest BCUT2D eigenvalue weighted by Crippen LogP contribution is -2.43. The molecule has 0 unspecified atom stereocenters. The van der Waals surface area contributed by atoms with Crippen LogP contribution in [0.5, 0.6) is 0 Å². The van der Waals surface area contributed by atoms with Crippen molar-refractivity contribution in [3.05, 3.63) is 48.4 Å². The number of rotatable bonds is 8. The Morgan fingerprint density at radius 1 is 1.13 bits per heavy atom. The van der Waals surface area contributed by atoms with Crippen molar-refractivity contribution in [2.75, 3.05) is 30.7 Å². The third-order valence-electron chi connectivity index (χ3n) is 6.85. The Morgan fingerprint density at radius 3 is 2.51 bits per heavy atom. The van der Waals surface area contributed by atoms with Gasteiger partial charge in [0.05, 0.1) is 12.0 Å². The van der Waals surface area contributed by atoms with E-state index in [1.807, 2.05) is 24.3 Å². The monoisotopic (exact) mass is 539 g/mol. The maximum absolute atomic E-state index is 12.3. The van der Waals surface area contributed by atoms with E-state index in [2.05, 4.69) is 41.4 Å². The minimum atomic E-state index is -1.26. The van der Waals surface area contributed by atoms with Gasteiger partial charge in [-0.2, -0.15) is 0 Å². The van der Waals surface area contributed by atoms with Gasteiger partial charge in [0.1, 0.15) is 23.8 Å². The highest BCUT2D eigenvalue weighted by molar-refractivity contribution is 5.89. The second-order valence-corrected chi connectivity index (χ2v) is 10.8. The lowest BCUT2D eigenvalue weighted by molar-refractivity contribution is -0.132. The summed E-state index contributed by atoms with van der Waals surface area (Å²) >= 11 is 0. The van der Waals surface area contributed by atoms with Gasteiger partial charge >= 0.3 is 6.03 Å². The number of anilines is 2. The van der Waals surface area contributed by atoms with E-state index >= 15 is 0 Å². The van der Waals surface area contributed by atoms with Gasteiger partial charge < -0.3 is 36.2 Å². The summed E-state index contributed by atoms with van der Waals surface area (Å²) in [6, 6.07) is 8.99. The predicted octanol–water partition coefficient (Wildman–Crippen LogP) is 1.99. The van der Waals surface area contributed by atoms with Crippen LogP contribution in [0.15, 0.2) is 42.9 Å². The predicted molar refractivity (Wildman–Crippen MR) is 147 cm³/mol. The van der Waals surface area contributed by atoms with Crippen molar-refractivity contribution in [2.45, 2.75) is 64.1 Å². The average molecular weight is 540 g/mol. The van der Waals surface area contributed by atoms with E-state index in [-0.39, 0.29) is 23.9 Å². The van der Waals surface area contributed by atoms with Gasteiger partial charge in [-0.15, -0.1) is 0 Å². The van der Waals surface area contributed by atoms with E-state index in [1.165, 1.54) is 34.5 Å². The first-order valence-corrected chi connectivity index (χ1v) is 12.9. The highest BCUT2D eigenvalue weighted by Gasteiger charge is 2.45. The van der Waals surface area contributed by atoms with Crippen molar-refractivity contribution in [2.24, 2.45) is 0 Å². The molecule has 12 heteroatoms. The Kier molecular flexibility index (Phi) is 8.38. The van der Waals surface area contributed by atoms with Crippen LogP contribution >= 0.6 is 0 Å². The Hall–Kier alpha value is -3.74. The smallest absolute Gasteiger partial charge is 0.319 e. The zero-order valence-corrected chi connectivity index (χ0v) is 22.7. The molecule has 2 aromatic heterocycles. The molecule has 4 atom stereocenters. The second kappa shape index (κ2) is 11.6. The molecule has 39 heavy (non-hydrogen) atoms. The lowest BCUT2D eigenvalue weighted by atomic mass is 9.87. The van der Waals surface area contributed by atoms with E-state index < -0.39 is 24.5 Å². The molecule has 1 aliphatic heterocycles. The molecular weight excluding hydrogens is 502 g/mol. The van der Waals surface area contributed by atoms with Crippen LogP contribution in [0.25, 0.3) is 11.2 Å². The number of nitrogens with one attached hydrogen (secondary N) is 2. The number of fused-ring (bicyclic) bond motifs is 1. The van der Waals surface area contributed by atoms with Gasteiger partial charge in [0, 0.05) is 38.4 Å². The van der Waals surface area contributed by atoms with E-state index in [1.54, 1.807) is 6.07 Å². The molecule has 0 bridgehead atoms. The molecule has 1 aromatic carbocycles. The number of urea groups is 1. The number of ether oxygens (including phenoxy) is 1. The number of pyridine rings is 1. The first-order valence-electron chi connectivity index (χ1n) is 12.9. The van der Waals surface area contributed by atoms with Gasteiger partial charge in [-0.1, -0.05) is 32.9 Å². The summed E-state index contributed by atoms with van der Waals surface area (Å²) in [4.78, 5) is 34.6. The minimum absolute atomic E-state index is 0.0293. The second-order valence-electron chi connectivity index (χ2n) is 10.8. The van der Waals surface area contributed by atoms with Crippen LogP contribution in [-0.4, -0.2) is 79.5 Å². The van der Waals surface area contributed by atoms with Gasteiger partial charge in [-0.3, -0.25) is 9.36 Å². The fourth-order valence-corrected chi connectivity index (χ4v) is 4.54. The maximum atomic E-state index is 12.3. The number of carbonyl (C=O) groups excluding carboxylic acids is 2. The third kappa shape index (κ3) is 6.47. The zero-order chi connectivity index (χ0) is 28.3. The van der Waals surface area contributed by atoms with E-state index in [0.717, 1.165) is 0 Å². The van der Waals surface area contributed by atoms with Crippen LogP contribution in [0.3, 0.4) is 0 Å². The zero-order valence-electron chi connectivity index (χ0n) is 22.7. The fourth-order valence-electron chi connectivity index (χ4n) is 4.54. The number of hydrogen-bond acceptors (Lipinski definition) is 8. The van der Waals surface area contributed by atoms with Crippen molar-refractivity contribution >= 4 is 34.5 Å². The first kappa shape index (κ1) is 28.3. The number of imidazole rings is 1. The highest BCUT2D eigenvalue weighted by Crippen LogP contribution is 2.32. The van der Waals surface area contributed by atoms with Gasteiger partial charge in [-0.05, 0) is 35.6 Å². The molecular formula is C27H37N7O5. The summed E-state index contributed by atoms with van der Waals surface area (Å²) in [7, 11) is 0. The van der Waals surface area contributed by atoms with Crippen LogP contribution in [0.4, 0.5) is 16.2 Å². The Labute approximate surface area is 227 Å². The number of benzene rings is 1. The number of carbonyl (C=O) groups is 2. The number of aliphatic hydroxyl groups excluding tert-OH is 2. The number of nitrogens with zero attached hydrogens (tertiary/aromatic N) is 4. The SMILES string of the molecule is CC(=O)N(CCCNC(=O)Nc1ccc(C(C)(C)C)cc1)C[C@H]1O[C@@H](n2cnc3c(N)ccnc32)[C@H](O)[C@@H]1O. The molecule has 3 amide bonds. The Balaban J connectivity index is 1.28. The quantitative estimate of drug-likeness (QED) is 0.271. The minimum Gasteiger partial charge on any atom is -0.397 e. The van der Waals surface area contributed by atoms with Gasteiger partial charge in [0.25, 0.3) is 0 Å². The summed E-state index contributed by atoms with van der Waals surface area (Å²) in [6.07, 6.45) is -0.799. The number of hydrogen-bond donors (Lipinski definition) is 5. The summed E-state index contributed by atoms with van der Waals surface area (Å²) in [5.41, 5.74) is 9.17. The lowest BCUT2D eigenvalue weighted by Gasteiger charge is -2.26. The average Bonchev–Trinajstić information content (AvgIpc) is 3.42. The van der Waals surface area contributed by atoms with Crippen LogP contribution < -0.4 is 16.4 Å². The van der Waals surface area contributed by atoms with Crippen molar-refractivity contribution in [1.29, 1.82) is 0 Å². The third-order valence-corrected chi connectivity index (χ3v) is 6.85. The number of nitrogen functional groups attached to an aromatic ring is 1. The van der Waals surface area contributed by atoms with Crippen molar-refractivity contribution in [1.82, 2.24) is 24.8 Å². The van der Waals surface area contributed by atoms with E-state index in [0.29, 0.717) is 42.0 Å². The molecule has 0 aliphatic carbocycles. The Morgan fingerprint density at radius 2 is 1.85 bits per heavy atom. The van der Waals surface area contributed by atoms with Crippen molar-refractivity contribution in [3.8, 4) is 0 Å². The highest BCUT2D eigenvalue weighted by atomic mass is 16.6. The van der Waals surface area contributed by atoms with Crippen molar-refractivity contribution < 1.29 is 24.5 Å². The summed E-state index contributed by atoms with van der Waals surface area (Å²) < 4.78 is 7.49. The van der Waals surface area contributed by atoms with Crippen molar-refractivity contribution in [3.63, 3.8) is 0 Å². The van der Waals surface area contributed by atoms with Crippen LogP contribution in [0, 0.1) is 0 Å². The van der Waals surface area contributed by atoms with Crippen LogP contribution in [-0.2, 0) is 14.9 Å². The number of nitrogens with two attached hydrogens (primary N) is 1. The van der Waals surface area contributed by atoms with E-state index in [9.17, 15) is 19.8 Å². The molecule has 0 saturated carbocycles. The number of amides is 3. The normalized spacial score (nSPS) is 21.2. The van der Waals surface area contributed by atoms with Gasteiger partial charge in [0.2, 0.25) is 5.91 Å². The molecule has 1 saturated heterocycles. The van der Waals surface area contributed by atoms with Gasteiger partial charge in [0.15, 0.2) is 11.9 Å². The number of aliphatic hydroxyl groups is 2. The molecule has 0 spiro atoms. The summed E-state index contributed by atoms with van der Waals surface area (Å²) in [6.45, 7) is 8.54. The molecule has 3 aromatic rings. The van der Waals surface area contributed by atoms with E-state index in [4.69, 9.17) is 10.5 Å². The maximum Gasteiger partial charge on any atom is 0.319 e. The molecule has 1 fully saturated rings.